The molecule has 1 aromatic carbocycles. The summed E-state index contributed by atoms with van der Waals surface area (Å²) in [4.78, 5) is 22.9. The molecule has 2 N–H and O–H groups in total. The summed E-state index contributed by atoms with van der Waals surface area (Å²) in [7, 11) is 0. The average molecular weight is 287 g/mol. The fraction of sp³-hybridized carbons (Fsp3) is 0.438. The van der Waals surface area contributed by atoms with E-state index in [9.17, 15) is 9.59 Å². The fourth-order valence-corrected chi connectivity index (χ4v) is 2.34. The van der Waals surface area contributed by atoms with Crippen molar-refractivity contribution in [3.63, 3.8) is 0 Å². The first kappa shape index (κ1) is 15.2. The zero-order valence-electron chi connectivity index (χ0n) is 12.7. The van der Waals surface area contributed by atoms with Crippen molar-refractivity contribution in [1.29, 1.82) is 0 Å². The lowest BCUT2D eigenvalue weighted by Gasteiger charge is -2.13. The molecule has 0 aliphatic carbocycles. The molecule has 1 aliphatic heterocycles. The van der Waals surface area contributed by atoms with Crippen molar-refractivity contribution in [1.82, 2.24) is 10.7 Å². The van der Waals surface area contributed by atoms with Crippen molar-refractivity contribution in [2.45, 2.75) is 40.0 Å². The van der Waals surface area contributed by atoms with Crippen LogP contribution in [0.5, 0.6) is 0 Å². The monoisotopic (exact) mass is 287 g/mol. The molecule has 0 atom stereocenters. The van der Waals surface area contributed by atoms with Gasteiger partial charge in [0.15, 0.2) is 0 Å². The highest BCUT2D eigenvalue weighted by Gasteiger charge is 2.17. The van der Waals surface area contributed by atoms with Crippen LogP contribution in [0.2, 0.25) is 0 Å². The summed E-state index contributed by atoms with van der Waals surface area (Å²) in [5, 5.41) is 6.64. The van der Waals surface area contributed by atoms with Gasteiger partial charge in [-0.2, -0.15) is 5.10 Å². The van der Waals surface area contributed by atoms with E-state index in [-0.39, 0.29) is 11.8 Å². The van der Waals surface area contributed by atoms with Gasteiger partial charge in [0.2, 0.25) is 5.91 Å². The molecule has 2 amide bonds. The van der Waals surface area contributed by atoms with Gasteiger partial charge in [-0.25, -0.2) is 5.43 Å². The third-order valence-corrected chi connectivity index (χ3v) is 3.80. The number of nitrogens with zero attached hydrogens (tertiary/aromatic N) is 1. The number of rotatable bonds is 4. The molecule has 5 heteroatoms. The highest BCUT2D eigenvalue weighted by Crippen LogP contribution is 2.15. The number of nitrogens with one attached hydrogen (secondary N) is 2. The summed E-state index contributed by atoms with van der Waals surface area (Å²) in [6, 6.07) is 4.35. The van der Waals surface area contributed by atoms with Gasteiger partial charge in [0.25, 0.3) is 5.91 Å². The molecule has 0 spiro atoms. The van der Waals surface area contributed by atoms with E-state index in [0.717, 1.165) is 6.42 Å². The maximum absolute atomic E-state index is 11.9. The Balaban J connectivity index is 1.88. The molecule has 0 saturated heterocycles. The smallest absolute Gasteiger partial charge is 0.267 e. The molecule has 0 saturated carbocycles. The Hall–Kier alpha value is -2.17. The predicted octanol–water partition coefficient (Wildman–Crippen LogP) is 1.54. The number of carbonyl (C=O) groups excluding carboxylic acids is 2. The van der Waals surface area contributed by atoms with E-state index < -0.39 is 0 Å². The first-order valence-corrected chi connectivity index (χ1v) is 7.17. The lowest BCUT2D eigenvalue weighted by atomic mass is 9.99. The van der Waals surface area contributed by atoms with Gasteiger partial charge in [-0.05, 0) is 49.4 Å². The van der Waals surface area contributed by atoms with Crippen molar-refractivity contribution < 1.29 is 9.59 Å². The Bertz CT molecular complexity index is 606. The maximum Gasteiger partial charge on any atom is 0.267 e. The largest absolute Gasteiger partial charge is 0.351 e. The Kier molecular flexibility index (Phi) is 4.73. The number of amides is 2. The van der Waals surface area contributed by atoms with Gasteiger partial charge in [0.1, 0.15) is 5.71 Å². The van der Waals surface area contributed by atoms with Crippen LogP contribution < -0.4 is 10.7 Å². The van der Waals surface area contributed by atoms with E-state index in [2.05, 4.69) is 48.7 Å². The SMILES string of the molecule is Cc1cc(C)c(CCNC(=O)C2=NNC(=O)CC2)cc1C. The zero-order valence-corrected chi connectivity index (χ0v) is 12.7. The van der Waals surface area contributed by atoms with Crippen molar-refractivity contribution in [3.05, 3.63) is 34.4 Å². The quantitative estimate of drug-likeness (QED) is 0.881. The van der Waals surface area contributed by atoms with Crippen LogP contribution in [-0.2, 0) is 16.0 Å². The third kappa shape index (κ3) is 3.90. The van der Waals surface area contributed by atoms with Gasteiger partial charge < -0.3 is 5.32 Å². The van der Waals surface area contributed by atoms with Crippen molar-refractivity contribution in [2.24, 2.45) is 5.10 Å². The number of hydrogen-bond acceptors (Lipinski definition) is 3. The lowest BCUT2D eigenvalue weighted by molar-refractivity contribution is -0.121. The number of hydrogen-bond donors (Lipinski definition) is 2. The number of benzene rings is 1. The second-order valence-corrected chi connectivity index (χ2v) is 5.46. The zero-order chi connectivity index (χ0) is 15.4. The molecule has 0 radical (unpaired) electrons. The van der Waals surface area contributed by atoms with Gasteiger partial charge in [-0.3, -0.25) is 9.59 Å². The van der Waals surface area contributed by atoms with Crippen LogP contribution in [0.25, 0.3) is 0 Å². The van der Waals surface area contributed by atoms with Gasteiger partial charge in [0, 0.05) is 19.4 Å². The molecule has 2 rings (SSSR count). The molecule has 5 nitrogen and oxygen atoms in total. The molecule has 1 aromatic rings. The van der Waals surface area contributed by atoms with Crippen LogP contribution in [0.1, 0.15) is 35.1 Å². The van der Waals surface area contributed by atoms with E-state index in [1.54, 1.807) is 0 Å². The van der Waals surface area contributed by atoms with Crippen molar-refractivity contribution in [2.75, 3.05) is 6.54 Å². The van der Waals surface area contributed by atoms with Crippen LogP contribution in [0, 0.1) is 20.8 Å². The summed E-state index contributed by atoms with van der Waals surface area (Å²) in [5.74, 6) is -0.339. The van der Waals surface area contributed by atoms with Crippen LogP contribution in [-0.4, -0.2) is 24.1 Å². The number of carbonyl (C=O) groups is 2. The summed E-state index contributed by atoms with van der Waals surface area (Å²) in [6.07, 6.45) is 1.52. The Labute approximate surface area is 124 Å². The maximum atomic E-state index is 11.9. The minimum Gasteiger partial charge on any atom is -0.351 e. The number of aryl methyl sites for hydroxylation is 3. The van der Waals surface area contributed by atoms with E-state index in [4.69, 9.17) is 0 Å². The summed E-state index contributed by atoms with van der Waals surface area (Å²) >= 11 is 0. The molecule has 0 bridgehead atoms. The Morgan fingerprint density at radius 2 is 1.90 bits per heavy atom. The van der Waals surface area contributed by atoms with Gasteiger partial charge in [-0.1, -0.05) is 12.1 Å². The van der Waals surface area contributed by atoms with Gasteiger partial charge in [0.05, 0.1) is 0 Å². The molecule has 1 heterocycles. The van der Waals surface area contributed by atoms with E-state index in [0.29, 0.717) is 25.1 Å². The van der Waals surface area contributed by atoms with Crippen LogP contribution >= 0.6 is 0 Å². The molecule has 1 aliphatic rings. The first-order chi connectivity index (χ1) is 9.97. The molecule has 0 aromatic heterocycles. The van der Waals surface area contributed by atoms with E-state index >= 15 is 0 Å². The predicted molar refractivity (Wildman–Crippen MR) is 82.2 cm³/mol. The fourth-order valence-electron chi connectivity index (χ4n) is 2.34. The molecule has 0 fully saturated rings. The molecule has 21 heavy (non-hydrogen) atoms. The summed E-state index contributed by atoms with van der Waals surface area (Å²) in [6.45, 7) is 6.85. The van der Waals surface area contributed by atoms with E-state index in [1.165, 1.54) is 22.3 Å². The topological polar surface area (TPSA) is 70.6 Å². The highest BCUT2D eigenvalue weighted by molar-refractivity contribution is 6.39. The first-order valence-electron chi connectivity index (χ1n) is 7.17. The van der Waals surface area contributed by atoms with Crippen LogP contribution in [0.3, 0.4) is 0 Å². The minimum absolute atomic E-state index is 0.141. The Morgan fingerprint density at radius 1 is 1.19 bits per heavy atom. The number of hydrazone groups is 1. The second kappa shape index (κ2) is 6.52. The third-order valence-electron chi connectivity index (χ3n) is 3.80. The minimum atomic E-state index is -0.198. The van der Waals surface area contributed by atoms with Crippen LogP contribution in [0.4, 0.5) is 0 Å². The average Bonchev–Trinajstić information content (AvgIpc) is 2.45. The second-order valence-electron chi connectivity index (χ2n) is 5.46. The lowest BCUT2D eigenvalue weighted by Crippen LogP contribution is -2.37. The molecular weight excluding hydrogens is 266 g/mol. The molecular formula is C16H21N3O2. The van der Waals surface area contributed by atoms with Crippen LogP contribution in [0.15, 0.2) is 17.2 Å². The standard InChI is InChI=1S/C16H21N3O2/c1-10-8-12(3)13(9-11(10)2)6-7-17-16(21)14-4-5-15(20)19-18-14/h8-9H,4-7H2,1-3H3,(H,17,21)(H,19,20). The summed E-state index contributed by atoms with van der Waals surface area (Å²) < 4.78 is 0. The van der Waals surface area contributed by atoms with E-state index in [1.807, 2.05) is 0 Å². The normalized spacial score (nSPS) is 14.4. The Morgan fingerprint density at radius 3 is 2.57 bits per heavy atom. The summed E-state index contributed by atoms with van der Waals surface area (Å²) in [5.41, 5.74) is 7.77. The van der Waals surface area contributed by atoms with Gasteiger partial charge >= 0.3 is 0 Å². The van der Waals surface area contributed by atoms with Crippen molar-refractivity contribution in [3.8, 4) is 0 Å². The molecule has 0 unspecified atom stereocenters. The highest BCUT2D eigenvalue weighted by atomic mass is 16.2. The van der Waals surface area contributed by atoms with Crippen molar-refractivity contribution >= 4 is 17.5 Å². The van der Waals surface area contributed by atoms with Gasteiger partial charge in [-0.15, -0.1) is 0 Å². The molecule has 112 valence electrons.